The molecular weight excluding hydrogens is 266 g/mol. The van der Waals surface area contributed by atoms with Crippen LogP contribution in [0.3, 0.4) is 0 Å². The van der Waals surface area contributed by atoms with E-state index in [1.165, 1.54) is 32.7 Å². The Balaban J connectivity index is 2.22. The topological polar surface area (TPSA) is 23.8 Å². The quantitative estimate of drug-likeness (QED) is 0.437. The van der Waals surface area contributed by atoms with Gasteiger partial charge in [-0.15, -0.1) is 0 Å². The second-order valence-corrected chi connectivity index (χ2v) is 5.53. The molecule has 1 radical (unpaired) electrons. The lowest BCUT2D eigenvalue weighted by Gasteiger charge is -2.14. The largest absolute Gasteiger partial charge is 0.253 e. The number of nitrogens with one attached hydrogen (secondary N) is 1. The SMILES string of the molecule is [NH]Cc1ccccc1-c1c2ccccc2cc2ccccc12. The van der Waals surface area contributed by atoms with Crippen LogP contribution in [0, 0.1) is 0 Å². The molecule has 0 aliphatic carbocycles. The summed E-state index contributed by atoms with van der Waals surface area (Å²) >= 11 is 0. The van der Waals surface area contributed by atoms with Crippen molar-refractivity contribution in [2.24, 2.45) is 0 Å². The molecule has 1 N–H and O–H groups in total. The molecule has 0 saturated carbocycles. The molecule has 0 aromatic heterocycles. The van der Waals surface area contributed by atoms with Crippen molar-refractivity contribution in [3.63, 3.8) is 0 Å². The van der Waals surface area contributed by atoms with Gasteiger partial charge in [0, 0.05) is 6.54 Å². The molecule has 0 bridgehead atoms. The zero-order chi connectivity index (χ0) is 14.9. The number of fused-ring (bicyclic) bond motifs is 2. The molecule has 0 aliphatic heterocycles. The summed E-state index contributed by atoms with van der Waals surface area (Å²) in [6.45, 7) is 0.299. The first-order chi connectivity index (χ1) is 10.9. The third kappa shape index (κ3) is 1.99. The van der Waals surface area contributed by atoms with Crippen LogP contribution in [0.1, 0.15) is 5.56 Å². The van der Waals surface area contributed by atoms with Gasteiger partial charge in [-0.2, -0.15) is 0 Å². The summed E-state index contributed by atoms with van der Waals surface area (Å²) in [6.07, 6.45) is 0. The van der Waals surface area contributed by atoms with Gasteiger partial charge in [0.05, 0.1) is 0 Å². The summed E-state index contributed by atoms with van der Waals surface area (Å²) in [5, 5.41) is 5.00. The lowest BCUT2D eigenvalue weighted by Crippen LogP contribution is -1.92. The highest BCUT2D eigenvalue weighted by molar-refractivity contribution is 6.13. The summed E-state index contributed by atoms with van der Waals surface area (Å²) < 4.78 is 0. The van der Waals surface area contributed by atoms with Crippen LogP contribution in [-0.2, 0) is 6.54 Å². The molecule has 0 amide bonds. The van der Waals surface area contributed by atoms with Crippen molar-refractivity contribution >= 4 is 21.5 Å². The first-order valence-electron chi connectivity index (χ1n) is 7.52. The molecule has 0 fully saturated rings. The minimum atomic E-state index is 0.299. The van der Waals surface area contributed by atoms with E-state index in [2.05, 4.69) is 72.8 Å². The third-order valence-corrected chi connectivity index (χ3v) is 4.25. The maximum atomic E-state index is 7.85. The van der Waals surface area contributed by atoms with E-state index in [-0.39, 0.29) is 0 Å². The van der Waals surface area contributed by atoms with E-state index in [4.69, 9.17) is 5.73 Å². The van der Waals surface area contributed by atoms with Crippen molar-refractivity contribution in [2.45, 2.75) is 6.54 Å². The number of rotatable bonds is 2. The molecule has 0 aliphatic rings. The maximum absolute atomic E-state index is 7.85. The van der Waals surface area contributed by atoms with Gasteiger partial charge in [0.1, 0.15) is 0 Å². The molecule has 22 heavy (non-hydrogen) atoms. The zero-order valence-corrected chi connectivity index (χ0v) is 12.2. The molecule has 1 nitrogen and oxygen atoms in total. The Morgan fingerprint density at radius 3 is 1.82 bits per heavy atom. The van der Waals surface area contributed by atoms with Crippen molar-refractivity contribution in [3.05, 3.63) is 84.4 Å². The van der Waals surface area contributed by atoms with Crippen LogP contribution >= 0.6 is 0 Å². The highest BCUT2D eigenvalue weighted by Crippen LogP contribution is 2.37. The summed E-state index contributed by atoms with van der Waals surface area (Å²) in [4.78, 5) is 0. The van der Waals surface area contributed by atoms with E-state index < -0.39 is 0 Å². The fraction of sp³-hybridized carbons (Fsp3) is 0.0476. The van der Waals surface area contributed by atoms with Gasteiger partial charge < -0.3 is 0 Å². The van der Waals surface area contributed by atoms with E-state index in [0.29, 0.717) is 6.54 Å². The van der Waals surface area contributed by atoms with Crippen LogP contribution in [0.4, 0.5) is 0 Å². The van der Waals surface area contributed by atoms with Gasteiger partial charge in [0.2, 0.25) is 0 Å². The fourth-order valence-electron chi connectivity index (χ4n) is 3.22. The van der Waals surface area contributed by atoms with Gasteiger partial charge in [-0.3, -0.25) is 5.73 Å². The Kier molecular flexibility index (Phi) is 3.14. The third-order valence-electron chi connectivity index (χ3n) is 4.25. The smallest absolute Gasteiger partial charge is 0.0357 e. The van der Waals surface area contributed by atoms with E-state index in [1.54, 1.807) is 0 Å². The molecule has 0 spiro atoms. The average molecular weight is 282 g/mol. The van der Waals surface area contributed by atoms with Crippen LogP contribution in [0.25, 0.3) is 32.7 Å². The molecule has 0 atom stereocenters. The lowest BCUT2D eigenvalue weighted by atomic mass is 9.90. The standard InChI is InChI=1S/C21H16N/c22-14-17-9-3-6-12-20(17)21-18-10-4-1-7-15(18)13-16-8-2-5-11-19(16)21/h1-13,22H,14H2. The number of hydrogen-bond donors (Lipinski definition) is 0. The predicted octanol–water partition coefficient (Wildman–Crippen LogP) is 5.44. The lowest BCUT2D eigenvalue weighted by molar-refractivity contribution is 1.03. The first kappa shape index (κ1) is 13.1. The fourth-order valence-corrected chi connectivity index (χ4v) is 3.22. The Morgan fingerprint density at radius 2 is 1.18 bits per heavy atom. The van der Waals surface area contributed by atoms with Crippen LogP contribution < -0.4 is 5.73 Å². The van der Waals surface area contributed by atoms with E-state index in [0.717, 1.165) is 5.56 Å². The van der Waals surface area contributed by atoms with Gasteiger partial charge in [0.25, 0.3) is 0 Å². The highest BCUT2D eigenvalue weighted by atomic mass is 14.5. The summed E-state index contributed by atoms with van der Waals surface area (Å²) in [5.74, 6) is 0. The van der Waals surface area contributed by atoms with Crippen molar-refractivity contribution in [1.82, 2.24) is 5.73 Å². The second-order valence-electron chi connectivity index (χ2n) is 5.53. The first-order valence-corrected chi connectivity index (χ1v) is 7.52. The van der Waals surface area contributed by atoms with Crippen LogP contribution in [0.5, 0.6) is 0 Å². The minimum absolute atomic E-state index is 0.299. The molecular formula is C21H16N. The van der Waals surface area contributed by atoms with E-state index in [9.17, 15) is 0 Å². The second kappa shape index (κ2) is 5.28. The Bertz CT molecular complexity index is 916. The van der Waals surface area contributed by atoms with Crippen molar-refractivity contribution in [2.75, 3.05) is 0 Å². The average Bonchev–Trinajstić information content (AvgIpc) is 2.59. The molecule has 4 rings (SSSR count). The molecule has 1 heteroatoms. The summed E-state index contributed by atoms with van der Waals surface area (Å²) in [7, 11) is 0. The van der Waals surface area contributed by atoms with Crippen molar-refractivity contribution in [3.8, 4) is 11.1 Å². The van der Waals surface area contributed by atoms with Gasteiger partial charge in [-0.25, -0.2) is 0 Å². The van der Waals surface area contributed by atoms with Crippen LogP contribution in [0.15, 0.2) is 78.9 Å². The zero-order valence-electron chi connectivity index (χ0n) is 12.2. The molecule has 0 heterocycles. The molecule has 0 unspecified atom stereocenters. The molecule has 0 saturated heterocycles. The Morgan fingerprint density at radius 1 is 0.636 bits per heavy atom. The molecule has 4 aromatic carbocycles. The van der Waals surface area contributed by atoms with E-state index >= 15 is 0 Å². The van der Waals surface area contributed by atoms with Gasteiger partial charge in [0.15, 0.2) is 0 Å². The summed E-state index contributed by atoms with van der Waals surface area (Å²) in [6, 6.07) is 27.5. The van der Waals surface area contributed by atoms with Crippen molar-refractivity contribution < 1.29 is 0 Å². The summed E-state index contributed by atoms with van der Waals surface area (Å²) in [5.41, 5.74) is 11.3. The normalized spacial score (nSPS) is 11.1. The number of benzene rings is 4. The van der Waals surface area contributed by atoms with Crippen molar-refractivity contribution in [1.29, 1.82) is 0 Å². The maximum Gasteiger partial charge on any atom is 0.0357 e. The van der Waals surface area contributed by atoms with Crippen LogP contribution in [0.2, 0.25) is 0 Å². The molecule has 4 aromatic rings. The number of hydrogen-bond acceptors (Lipinski definition) is 0. The van der Waals surface area contributed by atoms with Gasteiger partial charge >= 0.3 is 0 Å². The highest BCUT2D eigenvalue weighted by Gasteiger charge is 2.11. The minimum Gasteiger partial charge on any atom is -0.253 e. The monoisotopic (exact) mass is 282 g/mol. The van der Waals surface area contributed by atoms with Gasteiger partial charge in [-0.05, 0) is 44.3 Å². The van der Waals surface area contributed by atoms with Gasteiger partial charge in [-0.1, -0.05) is 72.8 Å². The van der Waals surface area contributed by atoms with Crippen LogP contribution in [-0.4, -0.2) is 0 Å². The Labute approximate surface area is 130 Å². The van der Waals surface area contributed by atoms with E-state index in [1.807, 2.05) is 6.07 Å². The predicted molar refractivity (Wildman–Crippen MR) is 93.7 cm³/mol. The molecule has 105 valence electrons. The Hall–Kier alpha value is -2.64.